The second kappa shape index (κ2) is 7.46. The van der Waals surface area contributed by atoms with E-state index in [1.807, 2.05) is 0 Å². The normalized spacial score (nSPS) is 10.4. The molecule has 0 radical (unpaired) electrons. The van der Waals surface area contributed by atoms with Crippen molar-refractivity contribution in [3.63, 3.8) is 0 Å². The molecule has 16 heavy (non-hydrogen) atoms. The van der Waals surface area contributed by atoms with Crippen LogP contribution in [0.3, 0.4) is 0 Å². The van der Waals surface area contributed by atoms with Crippen molar-refractivity contribution in [2.24, 2.45) is 0 Å². The van der Waals surface area contributed by atoms with Crippen LogP contribution in [0.4, 0.5) is 11.4 Å². The van der Waals surface area contributed by atoms with Gasteiger partial charge in [0.1, 0.15) is 0 Å². The first-order chi connectivity index (χ1) is 7.75. The summed E-state index contributed by atoms with van der Waals surface area (Å²) >= 11 is 3.42. The monoisotopic (exact) mass is 287 g/mol. The molecule has 0 aliphatic rings. The van der Waals surface area contributed by atoms with E-state index >= 15 is 0 Å². The lowest BCUT2D eigenvalue weighted by Gasteiger charge is -2.10. The van der Waals surface area contributed by atoms with Gasteiger partial charge >= 0.3 is 0 Å². The van der Waals surface area contributed by atoms with Crippen LogP contribution in [0.25, 0.3) is 0 Å². The highest BCUT2D eigenvalue weighted by Gasteiger charge is 2.03. The van der Waals surface area contributed by atoms with Crippen molar-refractivity contribution in [2.45, 2.75) is 19.3 Å². The van der Waals surface area contributed by atoms with Gasteiger partial charge in [0, 0.05) is 26.5 Å². The minimum atomic E-state index is 0.672. The van der Waals surface area contributed by atoms with Crippen LogP contribution in [-0.2, 0) is 4.74 Å². The summed E-state index contributed by atoms with van der Waals surface area (Å²) in [5.41, 5.74) is 7.41. The minimum absolute atomic E-state index is 0.672. The summed E-state index contributed by atoms with van der Waals surface area (Å²) in [4.78, 5) is 3.98. The number of methoxy groups -OCH3 is 1. The first-order valence-electron chi connectivity index (χ1n) is 5.37. The van der Waals surface area contributed by atoms with Gasteiger partial charge in [-0.25, -0.2) is 0 Å². The van der Waals surface area contributed by atoms with Crippen molar-refractivity contribution in [3.8, 4) is 0 Å². The van der Waals surface area contributed by atoms with Gasteiger partial charge in [-0.15, -0.1) is 0 Å². The van der Waals surface area contributed by atoms with Crippen LogP contribution < -0.4 is 11.1 Å². The highest BCUT2D eigenvalue weighted by Crippen LogP contribution is 2.26. The Kier molecular flexibility index (Phi) is 6.18. The quantitative estimate of drug-likeness (QED) is 0.757. The third kappa shape index (κ3) is 4.37. The topological polar surface area (TPSA) is 60.2 Å². The van der Waals surface area contributed by atoms with E-state index in [1.165, 1.54) is 0 Å². The average molecular weight is 288 g/mol. The fourth-order valence-corrected chi connectivity index (χ4v) is 1.89. The molecule has 0 aliphatic heterocycles. The number of nitrogens with zero attached hydrogens (tertiary/aromatic N) is 1. The van der Waals surface area contributed by atoms with E-state index in [4.69, 9.17) is 10.5 Å². The summed E-state index contributed by atoms with van der Waals surface area (Å²) in [5, 5.41) is 3.31. The Labute approximate surface area is 105 Å². The number of rotatable bonds is 7. The minimum Gasteiger partial charge on any atom is -0.396 e. The summed E-state index contributed by atoms with van der Waals surface area (Å²) in [5.74, 6) is 0. The van der Waals surface area contributed by atoms with Crippen molar-refractivity contribution in [1.29, 1.82) is 0 Å². The number of nitrogens with one attached hydrogen (secondary N) is 1. The predicted molar refractivity (Wildman–Crippen MR) is 70.6 cm³/mol. The molecule has 0 aromatic carbocycles. The molecule has 0 fully saturated rings. The number of hydrogen-bond acceptors (Lipinski definition) is 4. The van der Waals surface area contributed by atoms with Crippen molar-refractivity contribution < 1.29 is 4.74 Å². The van der Waals surface area contributed by atoms with Gasteiger partial charge < -0.3 is 15.8 Å². The van der Waals surface area contributed by atoms with Crippen molar-refractivity contribution in [1.82, 2.24) is 4.98 Å². The third-order valence-electron chi connectivity index (χ3n) is 2.26. The molecule has 1 aromatic heterocycles. The molecule has 0 saturated carbocycles. The van der Waals surface area contributed by atoms with Crippen LogP contribution in [0.1, 0.15) is 19.3 Å². The molecule has 90 valence electrons. The first-order valence-corrected chi connectivity index (χ1v) is 6.16. The SMILES string of the molecule is COCCCCCNc1c(N)cncc1Br. The van der Waals surface area contributed by atoms with E-state index in [0.717, 1.165) is 42.6 Å². The van der Waals surface area contributed by atoms with Gasteiger partial charge in [-0.1, -0.05) is 0 Å². The standard InChI is InChI=1S/C11H18BrN3O/c1-16-6-4-2-3-5-15-11-9(12)7-14-8-10(11)13/h7-8H,2-6,13H2,1H3,(H,14,15). The fraction of sp³-hybridized carbons (Fsp3) is 0.545. The molecule has 1 aromatic rings. The van der Waals surface area contributed by atoms with Gasteiger partial charge in [0.25, 0.3) is 0 Å². The van der Waals surface area contributed by atoms with Crippen LogP contribution in [0.2, 0.25) is 0 Å². The maximum absolute atomic E-state index is 5.81. The highest BCUT2D eigenvalue weighted by atomic mass is 79.9. The largest absolute Gasteiger partial charge is 0.396 e. The maximum Gasteiger partial charge on any atom is 0.0750 e. The Morgan fingerprint density at radius 2 is 2.19 bits per heavy atom. The Morgan fingerprint density at radius 1 is 1.38 bits per heavy atom. The molecular formula is C11H18BrN3O. The molecule has 3 N–H and O–H groups in total. The van der Waals surface area contributed by atoms with Crippen molar-refractivity contribution in [3.05, 3.63) is 16.9 Å². The number of unbranched alkanes of at least 4 members (excludes halogenated alkanes) is 2. The molecule has 0 atom stereocenters. The molecule has 0 aliphatic carbocycles. The van der Waals surface area contributed by atoms with Crippen LogP contribution in [0.5, 0.6) is 0 Å². The first kappa shape index (κ1) is 13.3. The van der Waals surface area contributed by atoms with Crippen LogP contribution in [0, 0.1) is 0 Å². The molecule has 5 heteroatoms. The third-order valence-corrected chi connectivity index (χ3v) is 2.86. The second-order valence-corrected chi connectivity index (χ2v) is 4.42. The van der Waals surface area contributed by atoms with E-state index in [2.05, 4.69) is 26.2 Å². The summed E-state index contributed by atoms with van der Waals surface area (Å²) in [6, 6.07) is 0. The molecule has 0 saturated heterocycles. The smallest absolute Gasteiger partial charge is 0.0750 e. The number of anilines is 2. The molecule has 0 amide bonds. The van der Waals surface area contributed by atoms with Gasteiger partial charge in [-0.3, -0.25) is 4.98 Å². The summed E-state index contributed by atoms with van der Waals surface area (Å²) in [7, 11) is 1.73. The predicted octanol–water partition coefficient (Wildman–Crippen LogP) is 2.65. The number of ether oxygens (including phenoxy) is 1. The summed E-state index contributed by atoms with van der Waals surface area (Å²) < 4.78 is 5.90. The van der Waals surface area contributed by atoms with Gasteiger partial charge in [-0.05, 0) is 35.2 Å². The lowest BCUT2D eigenvalue weighted by Crippen LogP contribution is -2.05. The van der Waals surface area contributed by atoms with Crippen LogP contribution >= 0.6 is 15.9 Å². The van der Waals surface area contributed by atoms with Gasteiger partial charge in [0.05, 0.1) is 22.0 Å². The van der Waals surface area contributed by atoms with Crippen molar-refractivity contribution in [2.75, 3.05) is 31.3 Å². The Bertz CT molecular complexity index is 300. The Balaban J connectivity index is 2.26. The molecule has 0 bridgehead atoms. The average Bonchev–Trinajstić information content (AvgIpc) is 2.26. The molecule has 1 rings (SSSR count). The van der Waals surface area contributed by atoms with E-state index < -0.39 is 0 Å². The van der Waals surface area contributed by atoms with E-state index in [9.17, 15) is 0 Å². The van der Waals surface area contributed by atoms with E-state index in [-0.39, 0.29) is 0 Å². The molecular weight excluding hydrogens is 270 g/mol. The molecule has 0 unspecified atom stereocenters. The second-order valence-electron chi connectivity index (χ2n) is 3.57. The number of nitrogen functional groups attached to an aromatic ring is 1. The number of pyridine rings is 1. The van der Waals surface area contributed by atoms with Gasteiger partial charge in [0.2, 0.25) is 0 Å². The lowest BCUT2D eigenvalue weighted by molar-refractivity contribution is 0.192. The molecule has 0 spiro atoms. The van der Waals surface area contributed by atoms with E-state index in [1.54, 1.807) is 19.5 Å². The number of halogens is 1. The van der Waals surface area contributed by atoms with Crippen LogP contribution in [-0.4, -0.2) is 25.2 Å². The lowest BCUT2D eigenvalue weighted by atomic mass is 10.2. The zero-order valence-electron chi connectivity index (χ0n) is 9.50. The van der Waals surface area contributed by atoms with Crippen LogP contribution in [0.15, 0.2) is 16.9 Å². The van der Waals surface area contributed by atoms with Gasteiger partial charge in [-0.2, -0.15) is 0 Å². The highest BCUT2D eigenvalue weighted by molar-refractivity contribution is 9.10. The fourth-order valence-electron chi connectivity index (χ4n) is 1.40. The Morgan fingerprint density at radius 3 is 2.88 bits per heavy atom. The van der Waals surface area contributed by atoms with Crippen molar-refractivity contribution >= 4 is 27.3 Å². The van der Waals surface area contributed by atoms with Gasteiger partial charge in [0.15, 0.2) is 0 Å². The summed E-state index contributed by atoms with van der Waals surface area (Å²) in [6.45, 7) is 1.75. The number of hydrogen-bond donors (Lipinski definition) is 2. The number of nitrogens with two attached hydrogens (primary N) is 1. The maximum atomic E-state index is 5.81. The zero-order chi connectivity index (χ0) is 11.8. The Hall–Kier alpha value is -0.810. The zero-order valence-corrected chi connectivity index (χ0v) is 11.1. The molecule has 1 heterocycles. The molecule has 4 nitrogen and oxygen atoms in total. The number of aromatic nitrogens is 1. The van der Waals surface area contributed by atoms with E-state index in [0.29, 0.717) is 5.69 Å². The summed E-state index contributed by atoms with van der Waals surface area (Å²) in [6.07, 6.45) is 6.76.